The van der Waals surface area contributed by atoms with E-state index in [-0.39, 0.29) is 12.4 Å². The van der Waals surface area contributed by atoms with Crippen LogP contribution in [0.1, 0.15) is 11.1 Å². The Hall–Kier alpha value is -1.91. The number of fused-ring (bicyclic) bond motifs is 1. The molecule has 0 atom stereocenters. The van der Waals surface area contributed by atoms with Crippen LogP contribution in [0.15, 0.2) is 42.5 Å². The van der Waals surface area contributed by atoms with Crippen LogP contribution in [-0.2, 0) is 13.2 Å². The summed E-state index contributed by atoms with van der Waals surface area (Å²) in [6.45, 7) is 2.59. The van der Waals surface area contributed by atoms with Crippen molar-refractivity contribution in [1.29, 1.82) is 0 Å². The van der Waals surface area contributed by atoms with Gasteiger partial charge in [-0.1, -0.05) is 18.2 Å². The summed E-state index contributed by atoms with van der Waals surface area (Å²) < 4.78 is 16.9. The van der Waals surface area contributed by atoms with Gasteiger partial charge >= 0.3 is 0 Å². The molecule has 0 aliphatic carbocycles. The largest absolute Gasteiger partial charge is 1.00 e. The third kappa shape index (κ3) is 4.06. The van der Waals surface area contributed by atoms with Crippen LogP contribution in [0.5, 0.6) is 17.2 Å². The van der Waals surface area contributed by atoms with E-state index in [1.807, 2.05) is 37.4 Å². The van der Waals surface area contributed by atoms with Gasteiger partial charge in [0.05, 0.1) is 0 Å². The third-order valence-corrected chi connectivity index (χ3v) is 3.32. The van der Waals surface area contributed by atoms with Crippen molar-refractivity contribution in [3.63, 3.8) is 0 Å². The topological polar surface area (TPSA) is 39.7 Å². The van der Waals surface area contributed by atoms with Crippen molar-refractivity contribution >= 4 is 0 Å². The molecule has 1 aliphatic rings. The fourth-order valence-corrected chi connectivity index (χ4v) is 2.25. The lowest BCUT2D eigenvalue weighted by atomic mass is 10.2. The Kier molecular flexibility index (Phi) is 5.92. The zero-order valence-electron chi connectivity index (χ0n) is 12.5. The smallest absolute Gasteiger partial charge is 0.161 e. The molecule has 0 radical (unpaired) electrons. The molecular formula is C17H19ClNO3-. The highest BCUT2D eigenvalue weighted by Crippen LogP contribution is 2.31. The minimum absolute atomic E-state index is 0. The number of rotatable bonds is 5. The minimum atomic E-state index is 0. The Morgan fingerprint density at radius 1 is 0.955 bits per heavy atom. The van der Waals surface area contributed by atoms with Crippen molar-refractivity contribution in [2.24, 2.45) is 0 Å². The van der Waals surface area contributed by atoms with Gasteiger partial charge in [-0.15, -0.1) is 0 Å². The van der Waals surface area contributed by atoms with E-state index in [1.54, 1.807) is 0 Å². The van der Waals surface area contributed by atoms with E-state index in [4.69, 9.17) is 14.2 Å². The van der Waals surface area contributed by atoms with Gasteiger partial charge in [0, 0.05) is 6.54 Å². The van der Waals surface area contributed by atoms with Crippen LogP contribution in [0.2, 0.25) is 0 Å². The van der Waals surface area contributed by atoms with E-state index < -0.39 is 0 Å². The average Bonchev–Trinajstić information content (AvgIpc) is 2.54. The maximum atomic E-state index is 5.80. The lowest BCUT2D eigenvalue weighted by Crippen LogP contribution is -3.00. The highest BCUT2D eigenvalue weighted by Gasteiger charge is 2.11. The van der Waals surface area contributed by atoms with E-state index >= 15 is 0 Å². The van der Waals surface area contributed by atoms with Crippen molar-refractivity contribution < 1.29 is 26.6 Å². The van der Waals surface area contributed by atoms with Crippen LogP contribution < -0.4 is 31.9 Å². The molecule has 118 valence electrons. The first-order chi connectivity index (χ1) is 10.3. The normalized spacial score (nSPS) is 12.4. The van der Waals surface area contributed by atoms with Crippen LogP contribution in [0, 0.1) is 0 Å². The summed E-state index contributed by atoms with van der Waals surface area (Å²) in [5.74, 6) is 2.47. The fraction of sp³-hybridized carbons (Fsp3) is 0.294. The van der Waals surface area contributed by atoms with Crippen molar-refractivity contribution in [2.75, 3.05) is 20.3 Å². The summed E-state index contributed by atoms with van der Waals surface area (Å²) in [6, 6.07) is 14.0. The Labute approximate surface area is 136 Å². The molecule has 0 unspecified atom stereocenters. The van der Waals surface area contributed by atoms with E-state index in [0.29, 0.717) is 19.8 Å². The average molecular weight is 321 g/mol. The van der Waals surface area contributed by atoms with Gasteiger partial charge in [-0.3, -0.25) is 0 Å². The zero-order valence-corrected chi connectivity index (χ0v) is 13.2. The molecule has 5 heteroatoms. The highest BCUT2D eigenvalue weighted by atomic mass is 35.5. The van der Waals surface area contributed by atoms with Crippen molar-refractivity contribution in [3.8, 4) is 17.2 Å². The molecule has 4 nitrogen and oxygen atoms in total. The van der Waals surface area contributed by atoms with Gasteiger partial charge < -0.3 is 31.9 Å². The molecule has 2 aromatic rings. The summed E-state index contributed by atoms with van der Waals surface area (Å²) in [4.78, 5) is 0. The van der Waals surface area contributed by atoms with Gasteiger partial charge in [0.25, 0.3) is 0 Å². The molecule has 0 bridgehead atoms. The molecule has 0 fully saturated rings. The number of ether oxygens (including phenoxy) is 3. The van der Waals surface area contributed by atoms with Gasteiger partial charge in [-0.05, 0) is 42.4 Å². The molecule has 0 spiro atoms. The first kappa shape index (κ1) is 16.5. The highest BCUT2D eigenvalue weighted by molar-refractivity contribution is 5.43. The Bertz CT molecular complexity index is 601. The van der Waals surface area contributed by atoms with Gasteiger partial charge in [-0.2, -0.15) is 0 Å². The first-order valence-electron chi connectivity index (χ1n) is 7.10. The lowest BCUT2D eigenvalue weighted by Gasteiger charge is -2.19. The summed E-state index contributed by atoms with van der Waals surface area (Å²) >= 11 is 0. The molecular weight excluding hydrogens is 302 g/mol. The molecule has 0 aromatic heterocycles. The molecule has 1 aliphatic heterocycles. The monoisotopic (exact) mass is 320 g/mol. The van der Waals surface area contributed by atoms with Crippen LogP contribution in [0.4, 0.5) is 0 Å². The molecule has 0 amide bonds. The molecule has 0 saturated heterocycles. The second-order valence-electron chi connectivity index (χ2n) is 4.94. The van der Waals surface area contributed by atoms with Crippen LogP contribution in [0.25, 0.3) is 0 Å². The molecule has 1 heterocycles. The second kappa shape index (κ2) is 7.92. The summed E-state index contributed by atoms with van der Waals surface area (Å²) in [5, 5.41) is 3.12. The minimum Gasteiger partial charge on any atom is -1.00 e. The molecule has 0 saturated carbocycles. The fourth-order valence-electron chi connectivity index (χ4n) is 2.25. The van der Waals surface area contributed by atoms with Gasteiger partial charge in [0.1, 0.15) is 25.6 Å². The predicted octanol–water partition coefficient (Wildman–Crippen LogP) is -0.240. The molecule has 2 aromatic carbocycles. The predicted molar refractivity (Wildman–Crippen MR) is 81.0 cm³/mol. The molecule has 1 N–H and O–H groups in total. The third-order valence-electron chi connectivity index (χ3n) is 3.32. The maximum absolute atomic E-state index is 5.80. The molecule has 22 heavy (non-hydrogen) atoms. The van der Waals surface area contributed by atoms with Gasteiger partial charge in [0.15, 0.2) is 11.5 Å². The van der Waals surface area contributed by atoms with E-state index in [2.05, 4.69) is 17.4 Å². The Balaban J connectivity index is 0.00000176. The van der Waals surface area contributed by atoms with Crippen LogP contribution >= 0.6 is 0 Å². The van der Waals surface area contributed by atoms with Crippen LogP contribution in [0.3, 0.4) is 0 Å². The SMILES string of the molecule is CNCc1ccc(OCc2ccc3c(c2)OCCO3)cc1.[Cl-]. The van der Waals surface area contributed by atoms with Crippen LogP contribution in [-0.4, -0.2) is 20.3 Å². The van der Waals surface area contributed by atoms with E-state index in [1.165, 1.54) is 5.56 Å². The lowest BCUT2D eigenvalue weighted by molar-refractivity contribution is -0.00000524. The van der Waals surface area contributed by atoms with Gasteiger partial charge in [-0.25, -0.2) is 0 Å². The van der Waals surface area contributed by atoms with Gasteiger partial charge in [0.2, 0.25) is 0 Å². The second-order valence-corrected chi connectivity index (χ2v) is 4.94. The Morgan fingerprint density at radius 2 is 1.64 bits per heavy atom. The Morgan fingerprint density at radius 3 is 2.36 bits per heavy atom. The van der Waals surface area contributed by atoms with Crippen molar-refractivity contribution in [3.05, 3.63) is 53.6 Å². The van der Waals surface area contributed by atoms with E-state index in [0.717, 1.165) is 29.4 Å². The first-order valence-corrected chi connectivity index (χ1v) is 7.10. The number of halogens is 1. The summed E-state index contributed by atoms with van der Waals surface area (Å²) in [7, 11) is 1.94. The van der Waals surface area contributed by atoms with E-state index in [9.17, 15) is 0 Å². The van der Waals surface area contributed by atoms with Crippen molar-refractivity contribution in [1.82, 2.24) is 5.32 Å². The number of benzene rings is 2. The zero-order chi connectivity index (χ0) is 14.5. The maximum Gasteiger partial charge on any atom is 0.161 e. The quantitative estimate of drug-likeness (QED) is 0.825. The number of nitrogens with one attached hydrogen (secondary N) is 1. The summed E-state index contributed by atoms with van der Waals surface area (Å²) in [5.41, 5.74) is 2.31. The number of hydrogen-bond acceptors (Lipinski definition) is 4. The molecule has 3 rings (SSSR count). The standard InChI is InChI=1S/C17H19NO3.ClH/c1-18-11-13-2-5-15(6-3-13)21-12-14-4-7-16-17(10-14)20-9-8-19-16;/h2-7,10,18H,8-9,11-12H2,1H3;1H/p-1. The number of hydrogen-bond donors (Lipinski definition) is 1. The summed E-state index contributed by atoms with van der Waals surface area (Å²) in [6.07, 6.45) is 0. The van der Waals surface area contributed by atoms with Crippen molar-refractivity contribution in [2.45, 2.75) is 13.2 Å².